The van der Waals surface area contributed by atoms with Crippen molar-refractivity contribution in [1.29, 1.82) is 0 Å². The van der Waals surface area contributed by atoms with Crippen LogP contribution in [0, 0.1) is 11.3 Å². The molecule has 0 aromatic rings. The fourth-order valence-electron chi connectivity index (χ4n) is 2.69. The maximum absolute atomic E-state index is 12.1. The third-order valence-corrected chi connectivity index (χ3v) is 3.84. The average Bonchev–Trinajstić information content (AvgIpc) is 2.26. The Morgan fingerprint density at radius 3 is 2.75 bits per heavy atom. The quantitative estimate of drug-likeness (QED) is 0.631. The molecular formula is C13H16O3. The van der Waals surface area contributed by atoms with Crippen molar-refractivity contribution < 1.29 is 14.3 Å². The van der Waals surface area contributed by atoms with Gasteiger partial charge < -0.3 is 4.74 Å². The van der Waals surface area contributed by atoms with Crippen LogP contribution in [0.4, 0.5) is 0 Å². The lowest BCUT2D eigenvalue weighted by molar-refractivity contribution is -0.144. The number of carbonyl (C=O) groups is 2. The van der Waals surface area contributed by atoms with Crippen LogP contribution in [0.5, 0.6) is 0 Å². The molecule has 0 spiro atoms. The Hall–Kier alpha value is -1.22. The summed E-state index contributed by atoms with van der Waals surface area (Å²) < 4.78 is 5.33. The fourth-order valence-corrected chi connectivity index (χ4v) is 2.69. The van der Waals surface area contributed by atoms with Crippen molar-refractivity contribution in [3.8, 4) is 0 Å². The number of hydrogen-bond acceptors (Lipinski definition) is 3. The van der Waals surface area contributed by atoms with Gasteiger partial charge in [0.2, 0.25) is 0 Å². The number of ketones is 2. The Balaban J connectivity index is 2.52. The Morgan fingerprint density at radius 2 is 2.12 bits per heavy atom. The van der Waals surface area contributed by atoms with Gasteiger partial charge in [0.25, 0.3) is 0 Å². The maximum Gasteiger partial charge on any atom is 0.165 e. The van der Waals surface area contributed by atoms with E-state index >= 15 is 0 Å². The first kappa shape index (κ1) is 11.3. The minimum atomic E-state index is -0.722. The van der Waals surface area contributed by atoms with Gasteiger partial charge in [0.15, 0.2) is 11.6 Å². The lowest BCUT2D eigenvalue weighted by Crippen LogP contribution is -2.52. The van der Waals surface area contributed by atoms with Crippen LogP contribution in [0.2, 0.25) is 0 Å². The molecule has 0 aromatic carbocycles. The van der Waals surface area contributed by atoms with E-state index in [9.17, 15) is 9.59 Å². The Labute approximate surface area is 95.2 Å². The van der Waals surface area contributed by atoms with E-state index in [1.54, 1.807) is 14.0 Å². The van der Waals surface area contributed by atoms with Crippen molar-refractivity contribution in [2.45, 2.75) is 26.4 Å². The highest BCUT2D eigenvalue weighted by Crippen LogP contribution is 2.44. The van der Waals surface area contributed by atoms with Gasteiger partial charge in [-0.1, -0.05) is 12.2 Å². The second-order valence-corrected chi connectivity index (χ2v) is 4.71. The van der Waals surface area contributed by atoms with E-state index in [1.165, 1.54) is 6.08 Å². The summed E-state index contributed by atoms with van der Waals surface area (Å²) >= 11 is 0. The number of rotatable bonds is 1. The second-order valence-electron chi connectivity index (χ2n) is 4.71. The lowest BCUT2D eigenvalue weighted by Gasteiger charge is -2.43. The molecular weight excluding hydrogens is 204 g/mol. The first-order valence-corrected chi connectivity index (χ1v) is 5.48. The van der Waals surface area contributed by atoms with Crippen molar-refractivity contribution in [2.24, 2.45) is 11.3 Å². The molecule has 16 heavy (non-hydrogen) atoms. The first-order valence-electron chi connectivity index (χ1n) is 5.48. The molecule has 3 heteroatoms. The van der Waals surface area contributed by atoms with Gasteiger partial charge in [-0.05, 0) is 31.9 Å². The smallest absolute Gasteiger partial charge is 0.165 e. The topological polar surface area (TPSA) is 43.4 Å². The lowest BCUT2D eigenvalue weighted by atomic mass is 9.60. The standard InChI is InChI=1S/C13H16O3/c1-8-7-10(14)13(2)9(12(8)15)5-4-6-11(13)16-3/h4,6-7,9,11H,5H2,1-3H3. The SMILES string of the molecule is COC1C=CCC2C(=O)C(C)=CC(=O)C12C. The number of allylic oxidation sites excluding steroid dienone is 3. The van der Waals surface area contributed by atoms with Crippen LogP contribution >= 0.6 is 0 Å². The molecule has 0 N–H and O–H groups in total. The molecule has 2 aliphatic rings. The van der Waals surface area contributed by atoms with Crippen LogP contribution in [0.15, 0.2) is 23.8 Å². The van der Waals surface area contributed by atoms with Crippen molar-refractivity contribution >= 4 is 11.6 Å². The summed E-state index contributed by atoms with van der Waals surface area (Å²) in [5, 5.41) is 0. The van der Waals surface area contributed by atoms with Gasteiger partial charge in [-0.3, -0.25) is 9.59 Å². The number of carbonyl (C=O) groups excluding carboxylic acids is 2. The normalized spacial score (nSPS) is 38.3. The number of fused-ring (bicyclic) bond motifs is 1. The molecule has 0 aliphatic heterocycles. The summed E-state index contributed by atoms with van der Waals surface area (Å²) in [4.78, 5) is 24.2. The molecule has 86 valence electrons. The molecule has 0 amide bonds. The zero-order chi connectivity index (χ0) is 11.9. The summed E-state index contributed by atoms with van der Waals surface area (Å²) in [7, 11) is 1.57. The summed E-state index contributed by atoms with van der Waals surface area (Å²) in [5.74, 6) is -0.181. The average molecular weight is 220 g/mol. The Kier molecular flexibility index (Phi) is 2.58. The molecule has 0 fully saturated rings. The molecule has 2 aliphatic carbocycles. The van der Waals surface area contributed by atoms with E-state index in [0.29, 0.717) is 12.0 Å². The van der Waals surface area contributed by atoms with E-state index in [2.05, 4.69) is 0 Å². The Morgan fingerprint density at radius 1 is 1.44 bits per heavy atom. The van der Waals surface area contributed by atoms with Crippen molar-refractivity contribution in [1.82, 2.24) is 0 Å². The highest BCUT2D eigenvalue weighted by atomic mass is 16.5. The third kappa shape index (κ3) is 1.31. The third-order valence-electron chi connectivity index (χ3n) is 3.84. The van der Waals surface area contributed by atoms with Crippen molar-refractivity contribution in [2.75, 3.05) is 7.11 Å². The fraction of sp³-hybridized carbons (Fsp3) is 0.538. The zero-order valence-electron chi connectivity index (χ0n) is 9.82. The summed E-state index contributed by atoms with van der Waals surface area (Å²) in [6.07, 6.45) is 5.61. The van der Waals surface area contributed by atoms with Gasteiger partial charge in [0, 0.05) is 13.0 Å². The zero-order valence-corrected chi connectivity index (χ0v) is 9.82. The van der Waals surface area contributed by atoms with Gasteiger partial charge >= 0.3 is 0 Å². The predicted octanol–water partition coefficient (Wildman–Crippen LogP) is 1.68. The van der Waals surface area contributed by atoms with E-state index in [1.807, 2.05) is 19.1 Å². The maximum atomic E-state index is 12.1. The summed E-state index contributed by atoms with van der Waals surface area (Å²) in [6.45, 7) is 3.54. The number of ether oxygens (including phenoxy) is 1. The minimum Gasteiger partial charge on any atom is -0.376 e. The predicted molar refractivity (Wildman–Crippen MR) is 59.9 cm³/mol. The van der Waals surface area contributed by atoms with Crippen LogP contribution in [0.25, 0.3) is 0 Å². The monoisotopic (exact) mass is 220 g/mol. The van der Waals surface area contributed by atoms with Gasteiger partial charge in [-0.2, -0.15) is 0 Å². The number of hydrogen-bond donors (Lipinski definition) is 0. The summed E-state index contributed by atoms with van der Waals surface area (Å²) in [5.41, 5.74) is -0.155. The van der Waals surface area contributed by atoms with Crippen molar-refractivity contribution in [3.63, 3.8) is 0 Å². The molecule has 2 rings (SSSR count). The van der Waals surface area contributed by atoms with Crippen LogP contribution in [0.3, 0.4) is 0 Å². The van der Waals surface area contributed by atoms with Gasteiger partial charge in [0.05, 0.1) is 11.5 Å². The molecule has 0 bridgehead atoms. The van der Waals surface area contributed by atoms with Crippen LogP contribution < -0.4 is 0 Å². The molecule has 0 saturated heterocycles. The largest absolute Gasteiger partial charge is 0.376 e. The molecule has 0 saturated carbocycles. The molecule has 3 nitrogen and oxygen atoms in total. The second kappa shape index (κ2) is 3.67. The molecule has 0 heterocycles. The van der Waals surface area contributed by atoms with E-state index in [-0.39, 0.29) is 23.6 Å². The van der Waals surface area contributed by atoms with E-state index < -0.39 is 5.41 Å². The van der Waals surface area contributed by atoms with E-state index in [4.69, 9.17) is 4.74 Å². The van der Waals surface area contributed by atoms with Crippen molar-refractivity contribution in [3.05, 3.63) is 23.8 Å². The van der Waals surface area contributed by atoms with Gasteiger partial charge in [0.1, 0.15) is 0 Å². The highest BCUT2D eigenvalue weighted by molar-refractivity contribution is 6.12. The van der Waals surface area contributed by atoms with Crippen LogP contribution in [-0.4, -0.2) is 24.8 Å². The van der Waals surface area contributed by atoms with E-state index in [0.717, 1.165) is 0 Å². The molecule has 3 atom stereocenters. The van der Waals surface area contributed by atoms with Crippen LogP contribution in [0.1, 0.15) is 20.3 Å². The van der Waals surface area contributed by atoms with Crippen LogP contribution in [-0.2, 0) is 14.3 Å². The van der Waals surface area contributed by atoms with Gasteiger partial charge in [-0.15, -0.1) is 0 Å². The highest BCUT2D eigenvalue weighted by Gasteiger charge is 2.52. The molecule has 0 aromatic heterocycles. The number of Topliss-reactive ketones (excluding diaryl/α,β-unsaturated/α-hetero) is 1. The molecule has 0 radical (unpaired) electrons. The minimum absolute atomic E-state index is 0.00537. The summed E-state index contributed by atoms with van der Waals surface area (Å²) in [6, 6.07) is 0. The molecule has 3 unspecified atom stereocenters. The first-order chi connectivity index (χ1) is 7.51. The number of methoxy groups -OCH3 is 1. The Bertz CT molecular complexity index is 405. The van der Waals surface area contributed by atoms with Gasteiger partial charge in [-0.25, -0.2) is 0 Å².